The minimum atomic E-state index is -0.0200. The fourth-order valence-corrected chi connectivity index (χ4v) is 1.70. The van der Waals surface area contributed by atoms with Crippen molar-refractivity contribution in [3.63, 3.8) is 0 Å². The van der Waals surface area contributed by atoms with E-state index in [1.807, 2.05) is 19.1 Å². The molecule has 0 atom stereocenters. The van der Waals surface area contributed by atoms with Gasteiger partial charge in [-0.2, -0.15) is 12.6 Å². The predicted molar refractivity (Wildman–Crippen MR) is 64.2 cm³/mol. The van der Waals surface area contributed by atoms with Gasteiger partial charge in [0.2, 0.25) is 0 Å². The van der Waals surface area contributed by atoms with Gasteiger partial charge >= 0.3 is 0 Å². The first-order valence-corrected chi connectivity index (χ1v) is 5.43. The van der Waals surface area contributed by atoms with Crippen molar-refractivity contribution in [3.8, 4) is 5.75 Å². The number of benzene rings is 1. The third-order valence-corrected chi connectivity index (χ3v) is 2.72. The summed E-state index contributed by atoms with van der Waals surface area (Å²) < 4.78 is 0. The Labute approximate surface area is 91.6 Å². The Balaban J connectivity index is 3.35. The van der Waals surface area contributed by atoms with Gasteiger partial charge in [0, 0.05) is 5.75 Å². The molecule has 0 heterocycles. The Morgan fingerprint density at radius 1 is 1.29 bits per heavy atom. The van der Waals surface area contributed by atoms with Crippen LogP contribution in [0.2, 0.25) is 0 Å². The van der Waals surface area contributed by atoms with E-state index in [2.05, 4.69) is 33.4 Å². The highest BCUT2D eigenvalue weighted by Gasteiger charge is 2.19. The Kier molecular flexibility index (Phi) is 3.15. The minimum Gasteiger partial charge on any atom is -0.507 e. The van der Waals surface area contributed by atoms with Crippen LogP contribution in [-0.4, -0.2) is 5.11 Å². The van der Waals surface area contributed by atoms with E-state index in [0.717, 1.165) is 16.7 Å². The zero-order chi connectivity index (χ0) is 10.9. The number of aryl methyl sites for hydroxylation is 1. The average molecular weight is 210 g/mol. The minimum absolute atomic E-state index is 0.0200. The third kappa shape index (κ3) is 2.24. The molecule has 0 spiro atoms. The lowest BCUT2D eigenvalue weighted by Crippen LogP contribution is -2.12. The van der Waals surface area contributed by atoms with Crippen molar-refractivity contribution in [2.45, 2.75) is 38.9 Å². The molecule has 2 heteroatoms. The number of thiol groups is 1. The van der Waals surface area contributed by atoms with Crippen molar-refractivity contribution < 1.29 is 5.11 Å². The van der Waals surface area contributed by atoms with Gasteiger partial charge in [0.15, 0.2) is 0 Å². The molecule has 0 fully saturated rings. The van der Waals surface area contributed by atoms with E-state index >= 15 is 0 Å². The fourth-order valence-electron chi connectivity index (χ4n) is 1.52. The Morgan fingerprint density at radius 2 is 1.86 bits per heavy atom. The number of phenolic OH excluding ortho intramolecular Hbond substituents is 1. The molecule has 0 aliphatic carbocycles. The summed E-state index contributed by atoms with van der Waals surface area (Å²) in [6.07, 6.45) is 0. The number of aromatic hydroxyl groups is 1. The Bertz CT molecular complexity index is 337. The standard InChI is InChI=1S/C12H18OS/c1-8-5-9(7-14)6-10(11(8)13)12(2,3)4/h5-6,13-14H,7H2,1-4H3. The van der Waals surface area contributed by atoms with E-state index < -0.39 is 0 Å². The third-order valence-electron chi connectivity index (χ3n) is 2.35. The lowest BCUT2D eigenvalue weighted by molar-refractivity contribution is 0.442. The molecule has 0 unspecified atom stereocenters. The largest absolute Gasteiger partial charge is 0.507 e. The lowest BCUT2D eigenvalue weighted by Gasteiger charge is -2.22. The number of rotatable bonds is 1. The first-order chi connectivity index (χ1) is 6.36. The maximum Gasteiger partial charge on any atom is 0.122 e. The molecular weight excluding hydrogens is 192 g/mol. The second-order valence-electron chi connectivity index (χ2n) is 4.72. The van der Waals surface area contributed by atoms with Crippen LogP contribution in [-0.2, 0) is 11.2 Å². The molecule has 1 rings (SSSR count). The zero-order valence-corrected chi connectivity index (χ0v) is 10.2. The van der Waals surface area contributed by atoms with Gasteiger partial charge in [-0.15, -0.1) is 0 Å². The van der Waals surface area contributed by atoms with Crippen molar-refractivity contribution in [3.05, 3.63) is 28.8 Å². The molecule has 78 valence electrons. The number of phenols is 1. The van der Waals surface area contributed by atoms with E-state index in [0.29, 0.717) is 11.5 Å². The quantitative estimate of drug-likeness (QED) is 0.680. The van der Waals surface area contributed by atoms with Gasteiger partial charge in [-0.3, -0.25) is 0 Å². The van der Waals surface area contributed by atoms with Crippen molar-refractivity contribution in [2.24, 2.45) is 0 Å². The summed E-state index contributed by atoms with van der Waals surface area (Å²) in [5.41, 5.74) is 3.07. The van der Waals surface area contributed by atoms with E-state index in [9.17, 15) is 5.11 Å². The molecule has 0 radical (unpaired) electrons. The van der Waals surface area contributed by atoms with Crippen LogP contribution < -0.4 is 0 Å². The van der Waals surface area contributed by atoms with Crippen LogP contribution in [0.3, 0.4) is 0 Å². The maximum absolute atomic E-state index is 9.93. The molecule has 0 aromatic heterocycles. The zero-order valence-electron chi connectivity index (χ0n) is 9.26. The van der Waals surface area contributed by atoms with Gasteiger partial charge in [0.1, 0.15) is 5.75 Å². The highest BCUT2D eigenvalue weighted by atomic mass is 32.1. The van der Waals surface area contributed by atoms with Crippen LogP contribution in [0, 0.1) is 6.92 Å². The highest BCUT2D eigenvalue weighted by Crippen LogP contribution is 2.34. The van der Waals surface area contributed by atoms with E-state index in [-0.39, 0.29) is 5.41 Å². The van der Waals surface area contributed by atoms with Gasteiger partial charge in [-0.05, 0) is 29.0 Å². The summed E-state index contributed by atoms with van der Waals surface area (Å²) in [7, 11) is 0. The number of hydrogen-bond acceptors (Lipinski definition) is 2. The summed E-state index contributed by atoms with van der Waals surface area (Å²) in [6, 6.07) is 4.02. The highest BCUT2D eigenvalue weighted by molar-refractivity contribution is 7.79. The Hall–Kier alpha value is -0.630. The molecule has 0 saturated heterocycles. The summed E-state index contributed by atoms with van der Waals surface area (Å²) in [5.74, 6) is 1.13. The van der Waals surface area contributed by atoms with Gasteiger partial charge in [-0.1, -0.05) is 32.9 Å². The van der Waals surface area contributed by atoms with Crippen molar-refractivity contribution in [1.82, 2.24) is 0 Å². The molecule has 0 amide bonds. The van der Waals surface area contributed by atoms with Crippen LogP contribution in [0.5, 0.6) is 5.75 Å². The average Bonchev–Trinajstić information content (AvgIpc) is 2.07. The molecule has 1 nitrogen and oxygen atoms in total. The molecular formula is C12H18OS. The van der Waals surface area contributed by atoms with Gasteiger partial charge in [-0.25, -0.2) is 0 Å². The normalized spacial score (nSPS) is 11.8. The van der Waals surface area contributed by atoms with E-state index in [4.69, 9.17) is 0 Å². The molecule has 0 aliphatic rings. The molecule has 0 bridgehead atoms. The molecule has 1 N–H and O–H groups in total. The van der Waals surface area contributed by atoms with Crippen LogP contribution in [0.25, 0.3) is 0 Å². The maximum atomic E-state index is 9.93. The van der Waals surface area contributed by atoms with Gasteiger partial charge in [0.05, 0.1) is 0 Å². The molecule has 1 aromatic carbocycles. The Morgan fingerprint density at radius 3 is 2.29 bits per heavy atom. The van der Waals surface area contributed by atoms with Crippen LogP contribution in [0.1, 0.15) is 37.5 Å². The molecule has 14 heavy (non-hydrogen) atoms. The number of hydrogen-bond donors (Lipinski definition) is 2. The fraction of sp³-hybridized carbons (Fsp3) is 0.500. The summed E-state index contributed by atoms with van der Waals surface area (Å²) in [4.78, 5) is 0. The van der Waals surface area contributed by atoms with Gasteiger partial charge < -0.3 is 5.11 Å². The van der Waals surface area contributed by atoms with Crippen LogP contribution >= 0.6 is 12.6 Å². The van der Waals surface area contributed by atoms with Gasteiger partial charge in [0.25, 0.3) is 0 Å². The SMILES string of the molecule is Cc1cc(CS)cc(C(C)(C)C)c1O. The first kappa shape index (κ1) is 11.4. The molecule has 1 aromatic rings. The first-order valence-electron chi connectivity index (χ1n) is 4.80. The van der Waals surface area contributed by atoms with Crippen LogP contribution in [0.15, 0.2) is 12.1 Å². The van der Waals surface area contributed by atoms with Crippen molar-refractivity contribution in [2.75, 3.05) is 0 Å². The summed E-state index contributed by atoms with van der Waals surface area (Å²) in [6.45, 7) is 8.23. The molecule has 0 aliphatic heterocycles. The lowest BCUT2D eigenvalue weighted by atomic mass is 9.84. The van der Waals surface area contributed by atoms with Crippen LogP contribution in [0.4, 0.5) is 0 Å². The monoisotopic (exact) mass is 210 g/mol. The van der Waals surface area contributed by atoms with E-state index in [1.165, 1.54) is 0 Å². The van der Waals surface area contributed by atoms with E-state index in [1.54, 1.807) is 0 Å². The van der Waals surface area contributed by atoms with Crippen molar-refractivity contribution >= 4 is 12.6 Å². The summed E-state index contributed by atoms with van der Waals surface area (Å²) in [5, 5.41) is 9.93. The molecule has 0 saturated carbocycles. The second-order valence-corrected chi connectivity index (χ2v) is 5.03. The smallest absolute Gasteiger partial charge is 0.122 e. The summed E-state index contributed by atoms with van der Waals surface area (Å²) >= 11 is 4.25. The second kappa shape index (κ2) is 3.85. The predicted octanol–water partition coefficient (Wildman–Crippen LogP) is 3.43. The van der Waals surface area contributed by atoms with Crippen molar-refractivity contribution in [1.29, 1.82) is 0 Å². The topological polar surface area (TPSA) is 20.2 Å².